The van der Waals surface area contributed by atoms with Gasteiger partial charge in [-0.3, -0.25) is 18.7 Å². The van der Waals surface area contributed by atoms with Crippen LogP contribution < -0.4 is 16.6 Å². The molecule has 0 saturated heterocycles. The number of nitrogens with one attached hydrogen (secondary N) is 1. The van der Waals surface area contributed by atoms with E-state index in [-0.39, 0.29) is 24.6 Å². The lowest BCUT2D eigenvalue weighted by molar-refractivity contribution is -0.116. The Bertz CT molecular complexity index is 1450. The smallest absolute Gasteiger partial charge is 0.324 e. The van der Waals surface area contributed by atoms with Crippen molar-refractivity contribution in [3.8, 4) is 0 Å². The van der Waals surface area contributed by atoms with E-state index in [9.17, 15) is 14.4 Å². The van der Waals surface area contributed by atoms with Gasteiger partial charge in [0.15, 0.2) is 0 Å². The lowest BCUT2D eigenvalue weighted by Crippen LogP contribution is -2.42. The number of nitrogens with zero attached hydrogens (tertiary/aromatic N) is 2. The molecular formula is C27H27N3O3. The lowest BCUT2D eigenvalue weighted by Gasteiger charge is -2.16. The topological polar surface area (TPSA) is 73.1 Å². The normalized spacial score (nSPS) is 11.0. The molecular weight excluding hydrogens is 414 g/mol. The third-order valence-electron chi connectivity index (χ3n) is 5.90. The van der Waals surface area contributed by atoms with E-state index < -0.39 is 5.69 Å². The number of hydrogen-bond acceptors (Lipinski definition) is 3. The second-order valence-corrected chi connectivity index (χ2v) is 8.27. The van der Waals surface area contributed by atoms with E-state index in [0.29, 0.717) is 10.9 Å². The standard InChI is InChI=1S/C27H27N3O3/c1-4-21-9-7-8-19(3)25(21)28-24(31)17-29-23-11-6-5-10-22(23)26(32)30(27(29)33)16-20-14-12-18(2)13-15-20/h5-15H,4,16-17H2,1-3H3,(H,28,31). The number of hydrogen-bond donors (Lipinski definition) is 1. The van der Waals surface area contributed by atoms with Gasteiger partial charge in [0.1, 0.15) is 6.54 Å². The monoisotopic (exact) mass is 441 g/mol. The first-order valence-corrected chi connectivity index (χ1v) is 11.0. The highest BCUT2D eigenvalue weighted by Gasteiger charge is 2.16. The van der Waals surface area contributed by atoms with Crippen molar-refractivity contribution in [3.05, 3.63) is 110 Å². The first-order valence-electron chi connectivity index (χ1n) is 11.0. The highest BCUT2D eigenvalue weighted by atomic mass is 16.2. The van der Waals surface area contributed by atoms with E-state index in [2.05, 4.69) is 5.32 Å². The Morgan fingerprint density at radius 1 is 0.879 bits per heavy atom. The molecule has 3 aromatic carbocycles. The van der Waals surface area contributed by atoms with Crippen molar-refractivity contribution in [2.24, 2.45) is 0 Å². The third kappa shape index (κ3) is 4.51. The summed E-state index contributed by atoms with van der Waals surface area (Å²) in [7, 11) is 0. The molecule has 6 nitrogen and oxygen atoms in total. The number of aromatic nitrogens is 2. The maximum atomic E-state index is 13.4. The summed E-state index contributed by atoms with van der Waals surface area (Å²) in [6.07, 6.45) is 0.779. The third-order valence-corrected chi connectivity index (χ3v) is 5.90. The molecule has 0 saturated carbocycles. The van der Waals surface area contributed by atoms with E-state index in [4.69, 9.17) is 0 Å². The van der Waals surface area contributed by atoms with Crippen molar-refractivity contribution in [2.75, 3.05) is 5.32 Å². The van der Waals surface area contributed by atoms with Crippen LogP contribution in [-0.2, 0) is 24.3 Å². The second-order valence-electron chi connectivity index (χ2n) is 8.27. The Kier molecular flexibility index (Phi) is 6.27. The number of rotatable bonds is 6. The molecule has 1 aromatic heterocycles. The molecule has 0 atom stereocenters. The van der Waals surface area contributed by atoms with Crippen molar-refractivity contribution in [2.45, 2.75) is 40.3 Å². The summed E-state index contributed by atoms with van der Waals surface area (Å²) in [5.41, 5.74) is 4.29. The van der Waals surface area contributed by atoms with Gasteiger partial charge in [-0.1, -0.05) is 67.1 Å². The first-order chi connectivity index (χ1) is 15.9. The molecule has 0 aliphatic heterocycles. The van der Waals surface area contributed by atoms with Gasteiger partial charge in [-0.05, 0) is 49.1 Å². The first kappa shape index (κ1) is 22.3. The van der Waals surface area contributed by atoms with Crippen LogP contribution in [0.1, 0.15) is 29.2 Å². The fourth-order valence-electron chi connectivity index (χ4n) is 4.06. The largest absolute Gasteiger partial charge is 0.332 e. The molecule has 0 unspecified atom stereocenters. The van der Waals surface area contributed by atoms with Gasteiger partial charge in [0.2, 0.25) is 5.91 Å². The van der Waals surface area contributed by atoms with E-state index in [1.54, 1.807) is 24.3 Å². The molecule has 4 aromatic rings. The number of carbonyl (C=O) groups is 1. The predicted octanol–water partition coefficient (Wildman–Crippen LogP) is 4.03. The molecule has 33 heavy (non-hydrogen) atoms. The minimum absolute atomic E-state index is 0.141. The predicted molar refractivity (Wildman–Crippen MR) is 132 cm³/mol. The van der Waals surface area contributed by atoms with Crippen molar-refractivity contribution in [1.29, 1.82) is 0 Å². The zero-order chi connectivity index (χ0) is 23.5. The Hall–Kier alpha value is -3.93. The lowest BCUT2D eigenvalue weighted by atomic mass is 10.1. The zero-order valence-electron chi connectivity index (χ0n) is 19.1. The average molecular weight is 442 g/mol. The average Bonchev–Trinajstić information content (AvgIpc) is 2.82. The van der Waals surface area contributed by atoms with E-state index in [0.717, 1.165) is 34.4 Å². The number of anilines is 1. The van der Waals surface area contributed by atoms with Gasteiger partial charge in [-0.2, -0.15) is 0 Å². The number of fused-ring (bicyclic) bond motifs is 1. The quantitative estimate of drug-likeness (QED) is 0.491. The van der Waals surface area contributed by atoms with Crippen LogP contribution in [0.4, 0.5) is 5.69 Å². The second kappa shape index (κ2) is 9.28. The highest BCUT2D eigenvalue weighted by molar-refractivity contribution is 5.93. The molecule has 0 aliphatic rings. The number of carbonyl (C=O) groups excluding carboxylic acids is 1. The van der Waals surface area contributed by atoms with Gasteiger partial charge in [-0.25, -0.2) is 4.79 Å². The van der Waals surface area contributed by atoms with Crippen LogP contribution in [0.25, 0.3) is 10.9 Å². The summed E-state index contributed by atoms with van der Waals surface area (Å²) in [5, 5.41) is 3.38. The van der Waals surface area contributed by atoms with E-state index >= 15 is 0 Å². The summed E-state index contributed by atoms with van der Waals surface area (Å²) in [5.74, 6) is -0.313. The molecule has 0 bridgehead atoms. The van der Waals surface area contributed by atoms with Gasteiger partial charge in [-0.15, -0.1) is 0 Å². The summed E-state index contributed by atoms with van der Waals surface area (Å²) >= 11 is 0. The van der Waals surface area contributed by atoms with Crippen molar-refractivity contribution in [3.63, 3.8) is 0 Å². The van der Waals surface area contributed by atoms with Crippen molar-refractivity contribution >= 4 is 22.5 Å². The van der Waals surface area contributed by atoms with Gasteiger partial charge in [0.05, 0.1) is 17.4 Å². The zero-order valence-corrected chi connectivity index (χ0v) is 19.1. The molecule has 1 N–H and O–H groups in total. The van der Waals surface area contributed by atoms with Gasteiger partial charge >= 0.3 is 5.69 Å². The van der Waals surface area contributed by atoms with E-state index in [1.807, 2.05) is 63.2 Å². The van der Waals surface area contributed by atoms with Crippen LogP contribution in [0.5, 0.6) is 0 Å². The molecule has 0 spiro atoms. The molecule has 6 heteroatoms. The molecule has 0 fully saturated rings. The van der Waals surface area contributed by atoms with Crippen LogP contribution >= 0.6 is 0 Å². The molecule has 0 radical (unpaired) electrons. The van der Waals surface area contributed by atoms with Crippen LogP contribution in [0, 0.1) is 13.8 Å². The Morgan fingerprint density at radius 3 is 2.33 bits per heavy atom. The Balaban J connectivity index is 1.76. The van der Waals surface area contributed by atoms with Crippen LogP contribution in [0.2, 0.25) is 0 Å². The number of para-hydroxylation sites is 2. The van der Waals surface area contributed by atoms with E-state index in [1.165, 1.54) is 9.13 Å². The van der Waals surface area contributed by atoms with Crippen LogP contribution in [0.3, 0.4) is 0 Å². The number of amides is 1. The van der Waals surface area contributed by atoms with Gasteiger partial charge < -0.3 is 5.32 Å². The summed E-state index contributed by atoms with van der Waals surface area (Å²) in [6, 6.07) is 20.5. The number of aryl methyl sites for hydroxylation is 3. The Labute approximate surface area is 192 Å². The maximum absolute atomic E-state index is 13.4. The van der Waals surface area contributed by atoms with Crippen molar-refractivity contribution in [1.82, 2.24) is 9.13 Å². The highest BCUT2D eigenvalue weighted by Crippen LogP contribution is 2.21. The van der Waals surface area contributed by atoms with Crippen LogP contribution in [0.15, 0.2) is 76.3 Å². The van der Waals surface area contributed by atoms with Gasteiger partial charge in [0, 0.05) is 5.69 Å². The minimum Gasteiger partial charge on any atom is -0.324 e. The molecule has 1 heterocycles. The number of benzene rings is 3. The summed E-state index contributed by atoms with van der Waals surface area (Å²) in [6.45, 7) is 5.91. The van der Waals surface area contributed by atoms with Crippen LogP contribution in [-0.4, -0.2) is 15.0 Å². The van der Waals surface area contributed by atoms with Crippen molar-refractivity contribution < 1.29 is 4.79 Å². The fraction of sp³-hybridized carbons (Fsp3) is 0.222. The summed E-state index contributed by atoms with van der Waals surface area (Å²) < 4.78 is 2.58. The SMILES string of the molecule is CCc1cccc(C)c1NC(=O)Cn1c(=O)n(Cc2ccc(C)cc2)c(=O)c2ccccc21. The van der Waals surface area contributed by atoms with Gasteiger partial charge in [0.25, 0.3) is 5.56 Å². The minimum atomic E-state index is -0.505. The molecule has 168 valence electrons. The maximum Gasteiger partial charge on any atom is 0.332 e. The fourth-order valence-corrected chi connectivity index (χ4v) is 4.06. The molecule has 0 aliphatic carbocycles. The Morgan fingerprint density at radius 2 is 1.61 bits per heavy atom. The molecule has 4 rings (SSSR count). The summed E-state index contributed by atoms with van der Waals surface area (Å²) in [4.78, 5) is 39.6. The molecule has 1 amide bonds.